The topological polar surface area (TPSA) is 47.5 Å². The summed E-state index contributed by atoms with van der Waals surface area (Å²) >= 11 is 0. The van der Waals surface area contributed by atoms with Gasteiger partial charge in [0.2, 0.25) is 0 Å². The van der Waals surface area contributed by atoms with Crippen LogP contribution in [0.15, 0.2) is 30.5 Å². The minimum absolute atomic E-state index is 0.107. The molecule has 166 valence electrons. The first-order valence-electron chi connectivity index (χ1n) is 10.1. The molecule has 2 aromatic rings. The van der Waals surface area contributed by atoms with Crippen LogP contribution in [0.2, 0.25) is 0 Å². The molecule has 1 heterocycles. The van der Waals surface area contributed by atoms with Crippen LogP contribution in [0, 0.1) is 0 Å². The summed E-state index contributed by atoms with van der Waals surface area (Å²) in [5, 5.41) is 0. The van der Waals surface area contributed by atoms with Gasteiger partial charge in [-0.25, -0.2) is 4.98 Å². The average Bonchev–Trinajstić information content (AvgIpc) is 2.65. The SMILES string of the molecule is CCCCCCOc1ccc(N(C)c2nc(OC(C)(C)C)ncc2C(F)(F)F)cc1. The summed E-state index contributed by atoms with van der Waals surface area (Å²) in [7, 11) is 1.53. The fourth-order valence-electron chi connectivity index (χ4n) is 2.74. The van der Waals surface area contributed by atoms with E-state index in [1.54, 1.807) is 45.0 Å². The Hall–Kier alpha value is -2.51. The van der Waals surface area contributed by atoms with Gasteiger partial charge in [-0.3, -0.25) is 0 Å². The number of nitrogens with zero attached hydrogens (tertiary/aromatic N) is 3. The monoisotopic (exact) mass is 425 g/mol. The Bertz CT molecular complexity index is 803. The number of anilines is 2. The van der Waals surface area contributed by atoms with E-state index in [0.29, 0.717) is 18.0 Å². The van der Waals surface area contributed by atoms with Gasteiger partial charge in [0.1, 0.15) is 16.9 Å². The van der Waals surface area contributed by atoms with Gasteiger partial charge in [0.05, 0.1) is 6.61 Å². The van der Waals surface area contributed by atoms with Gasteiger partial charge >= 0.3 is 12.2 Å². The van der Waals surface area contributed by atoms with Crippen LogP contribution in [0.4, 0.5) is 24.7 Å². The lowest BCUT2D eigenvalue weighted by molar-refractivity contribution is -0.137. The summed E-state index contributed by atoms with van der Waals surface area (Å²) in [4.78, 5) is 9.15. The van der Waals surface area contributed by atoms with E-state index in [0.717, 1.165) is 25.5 Å². The maximum absolute atomic E-state index is 13.5. The number of aromatic nitrogens is 2. The Morgan fingerprint density at radius 1 is 1.00 bits per heavy atom. The van der Waals surface area contributed by atoms with Gasteiger partial charge in [-0.1, -0.05) is 26.2 Å². The molecule has 0 radical (unpaired) electrons. The van der Waals surface area contributed by atoms with E-state index in [2.05, 4.69) is 16.9 Å². The minimum Gasteiger partial charge on any atom is -0.494 e. The summed E-state index contributed by atoms with van der Waals surface area (Å²) in [6.07, 6.45) is 0.589. The molecular weight excluding hydrogens is 395 g/mol. The predicted octanol–water partition coefficient (Wildman–Crippen LogP) is 6.40. The van der Waals surface area contributed by atoms with E-state index in [-0.39, 0.29) is 11.8 Å². The number of alkyl halides is 3. The van der Waals surface area contributed by atoms with Crippen LogP contribution < -0.4 is 14.4 Å². The predicted molar refractivity (Wildman–Crippen MR) is 112 cm³/mol. The Morgan fingerprint density at radius 2 is 1.67 bits per heavy atom. The number of rotatable bonds is 9. The lowest BCUT2D eigenvalue weighted by Crippen LogP contribution is -2.26. The van der Waals surface area contributed by atoms with Crippen molar-refractivity contribution in [1.29, 1.82) is 0 Å². The maximum atomic E-state index is 13.5. The molecule has 0 spiro atoms. The molecule has 2 rings (SSSR count). The third-order valence-corrected chi connectivity index (χ3v) is 4.26. The van der Waals surface area contributed by atoms with Gasteiger partial charge in [0, 0.05) is 18.9 Å². The molecule has 1 aromatic carbocycles. The molecule has 30 heavy (non-hydrogen) atoms. The Balaban J connectivity index is 2.21. The zero-order chi connectivity index (χ0) is 22.4. The van der Waals surface area contributed by atoms with E-state index in [1.165, 1.54) is 18.4 Å². The van der Waals surface area contributed by atoms with Crippen LogP contribution in [0.25, 0.3) is 0 Å². The van der Waals surface area contributed by atoms with Gasteiger partial charge in [-0.2, -0.15) is 18.2 Å². The van der Waals surface area contributed by atoms with Crippen molar-refractivity contribution in [2.75, 3.05) is 18.6 Å². The van der Waals surface area contributed by atoms with Crippen LogP contribution in [0.5, 0.6) is 11.8 Å². The second-order valence-electron chi connectivity index (χ2n) is 8.06. The van der Waals surface area contributed by atoms with E-state index < -0.39 is 17.3 Å². The highest BCUT2D eigenvalue weighted by atomic mass is 19.4. The Morgan fingerprint density at radius 3 is 2.23 bits per heavy atom. The normalized spacial score (nSPS) is 12.0. The van der Waals surface area contributed by atoms with E-state index in [4.69, 9.17) is 9.47 Å². The van der Waals surface area contributed by atoms with Gasteiger partial charge < -0.3 is 14.4 Å². The smallest absolute Gasteiger partial charge is 0.421 e. The first-order valence-corrected chi connectivity index (χ1v) is 10.1. The molecular formula is C22H30F3N3O2. The first kappa shape index (κ1) is 23.8. The van der Waals surface area contributed by atoms with Gasteiger partial charge in [0.15, 0.2) is 5.82 Å². The first-order chi connectivity index (χ1) is 14.0. The fraction of sp³-hybridized carbons (Fsp3) is 0.545. The minimum atomic E-state index is -4.59. The third-order valence-electron chi connectivity index (χ3n) is 4.26. The number of hydrogen-bond acceptors (Lipinski definition) is 5. The summed E-state index contributed by atoms with van der Waals surface area (Å²) in [6, 6.07) is 6.78. The molecule has 0 aliphatic rings. The van der Waals surface area contributed by atoms with Crippen LogP contribution in [0.1, 0.15) is 58.9 Å². The van der Waals surface area contributed by atoms with Crippen LogP contribution in [-0.2, 0) is 6.18 Å². The van der Waals surface area contributed by atoms with Crippen molar-refractivity contribution in [3.05, 3.63) is 36.0 Å². The average molecular weight is 425 g/mol. The highest BCUT2D eigenvalue weighted by Gasteiger charge is 2.37. The molecule has 0 N–H and O–H groups in total. The molecule has 0 aliphatic carbocycles. The number of benzene rings is 1. The van der Waals surface area contributed by atoms with E-state index in [9.17, 15) is 13.2 Å². The lowest BCUT2D eigenvalue weighted by Gasteiger charge is -2.24. The molecule has 0 fully saturated rings. The molecule has 0 atom stereocenters. The standard InChI is InChI=1S/C22H30F3N3O2/c1-6-7-8-9-14-29-17-12-10-16(11-13-17)28(5)19-18(22(23,24)25)15-26-20(27-19)30-21(2,3)4/h10-13,15H,6-9,14H2,1-5H3. The Labute approximate surface area is 176 Å². The zero-order valence-corrected chi connectivity index (χ0v) is 18.2. The van der Waals surface area contributed by atoms with Crippen molar-refractivity contribution in [2.24, 2.45) is 0 Å². The van der Waals surface area contributed by atoms with E-state index >= 15 is 0 Å². The van der Waals surface area contributed by atoms with Crippen molar-refractivity contribution in [2.45, 2.75) is 65.2 Å². The molecule has 0 saturated heterocycles. The van der Waals surface area contributed by atoms with Crippen molar-refractivity contribution >= 4 is 11.5 Å². The molecule has 0 aliphatic heterocycles. The zero-order valence-electron chi connectivity index (χ0n) is 18.2. The molecule has 0 amide bonds. The summed E-state index contributed by atoms with van der Waals surface area (Å²) in [5.41, 5.74) is -1.02. The van der Waals surface area contributed by atoms with Gasteiger partial charge in [-0.15, -0.1) is 0 Å². The third kappa shape index (κ3) is 7.07. The Kier molecular flexibility index (Phi) is 7.92. The molecule has 8 heteroatoms. The number of halogens is 3. The summed E-state index contributed by atoms with van der Waals surface area (Å²) < 4.78 is 51.8. The van der Waals surface area contributed by atoms with Crippen LogP contribution in [0.3, 0.4) is 0 Å². The highest BCUT2D eigenvalue weighted by Crippen LogP contribution is 2.38. The maximum Gasteiger partial charge on any atom is 0.421 e. The van der Waals surface area contributed by atoms with Crippen molar-refractivity contribution in [3.8, 4) is 11.8 Å². The fourth-order valence-corrected chi connectivity index (χ4v) is 2.74. The van der Waals surface area contributed by atoms with E-state index in [1.807, 2.05) is 0 Å². The van der Waals surface area contributed by atoms with Gasteiger partial charge in [-0.05, 0) is 51.5 Å². The molecule has 5 nitrogen and oxygen atoms in total. The van der Waals surface area contributed by atoms with Crippen molar-refractivity contribution < 1.29 is 22.6 Å². The van der Waals surface area contributed by atoms with Crippen LogP contribution in [-0.4, -0.2) is 29.2 Å². The highest BCUT2D eigenvalue weighted by molar-refractivity contribution is 5.63. The van der Waals surface area contributed by atoms with Crippen LogP contribution >= 0.6 is 0 Å². The van der Waals surface area contributed by atoms with Crippen molar-refractivity contribution in [1.82, 2.24) is 9.97 Å². The number of ether oxygens (including phenoxy) is 2. The number of unbranched alkanes of at least 4 members (excludes halogenated alkanes) is 3. The van der Waals surface area contributed by atoms with Gasteiger partial charge in [0.25, 0.3) is 0 Å². The summed E-state index contributed by atoms with van der Waals surface area (Å²) in [5.74, 6) is 0.407. The molecule has 0 saturated carbocycles. The number of hydrogen-bond donors (Lipinski definition) is 0. The second kappa shape index (κ2) is 10.00. The molecule has 1 aromatic heterocycles. The summed E-state index contributed by atoms with van der Waals surface area (Å²) in [6.45, 7) is 8.10. The molecule has 0 bridgehead atoms. The largest absolute Gasteiger partial charge is 0.494 e. The second-order valence-corrected chi connectivity index (χ2v) is 8.06. The lowest BCUT2D eigenvalue weighted by atomic mass is 10.2. The molecule has 0 unspecified atom stereocenters. The van der Waals surface area contributed by atoms with Crippen molar-refractivity contribution in [3.63, 3.8) is 0 Å². The quantitative estimate of drug-likeness (QED) is 0.435.